The zero-order chi connectivity index (χ0) is 30.6. The lowest BCUT2D eigenvalue weighted by Gasteiger charge is -2.41. The van der Waals surface area contributed by atoms with Gasteiger partial charge in [-0.15, -0.1) is 0 Å². The number of carbonyl (C=O) groups excluding carboxylic acids is 3. The molecule has 1 aromatic heterocycles. The van der Waals surface area contributed by atoms with Crippen molar-refractivity contribution in [3.63, 3.8) is 0 Å². The molecular weight excluding hydrogens is 565 g/mol. The van der Waals surface area contributed by atoms with Crippen LogP contribution in [0.25, 0.3) is 11.3 Å². The van der Waals surface area contributed by atoms with E-state index in [2.05, 4.69) is 15.0 Å². The molecule has 3 aromatic rings. The number of carbonyl (C=O) groups is 3. The van der Waals surface area contributed by atoms with E-state index in [1.54, 1.807) is 21.6 Å². The minimum atomic E-state index is -5.34. The third-order valence-corrected chi connectivity index (χ3v) is 8.15. The van der Waals surface area contributed by atoms with Gasteiger partial charge >= 0.3 is 18.1 Å². The standard InChI is InChI=1S/C31H33F3N4O5/c32-31(33,34)29(41)43-25(39)18-30(42)14-8-7-13-24(30)38-20-36-26(27(38)22-11-5-2-6-12-22)28(40)37-16-15-35-19-23(37)17-21-9-3-1-4-10-21/h1-6,9-12,20,23-24,35,42H,7-8,13-19H2/t23-,24+,30+/m1/s1. The van der Waals surface area contributed by atoms with E-state index in [1.165, 1.54) is 6.33 Å². The van der Waals surface area contributed by atoms with Gasteiger partial charge in [0.15, 0.2) is 5.69 Å². The normalized spacial score (nSPS) is 22.7. The van der Waals surface area contributed by atoms with Gasteiger partial charge in [-0.2, -0.15) is 13.2 Å². The monoisotopic (exact) mass is 598 g/mol. The van der Waals surface area contributed by atoms with Crippen molar-refractivity contribution in [1.29, 1.82) is 0 Å². The molecule has 2 N–H and O–H groups in total. The summed E-state index contributed by atoms with van der Waals surface area (Å²) in [6, 6.07) is 18.0. The van der Waals surface area contributed by atoms with Crippen molar-refractivity contribution < 1.29 is 37.4 Å². The predicted octanol–water partition coefficient (Wildman–Crippen LogP) is 4.08. The predicted molar refractivity (Wildman–Crippen MR) is 150 cm³/mol. The van der Waals surface area contributed by atoms with Gasteiger partial charge < -0.3 is 24.6 Å². The van der Waals surface area contributed by atoms with Gasteiger partial charge in [-0.1, -0.05) is 73.5 Å². The molecule has 2 aliphatic rings. The number of rotatable bonds is 7. The SMILES string of the molecule is O=C(C[C@@]1(O)CCCC[C@@H]1n1cnc(C(=O)N2CCNC[C@H]2Cc2ccccc2)c1-c1ccccc1)OC(=O)C(F)(F)F. The third kappa shape index (κ3) is 6.80. The molecule has 12 heteroatoms. The van der Waals surface area contributed by atoms with E-state index >= 15 is 0 Å². The molecule has 2 heterocycles. The van der Waals surface area contributed by atoms with Crippen LogP contribution >= 0.6 is 0 Å². The number of nitrogens with zero attached hydrogens (tertiary/aromatic N) is 3. The van der Waals surface area contributed by atoms with Crippen LogP contribution in [-0.4, -0.2) is 74.9 Å². The number of halogens is 3. The molecule has 0 bridgehead atoms. The number of benzene rings is 2. The number of amides is 1. The van der Waals surface area contributed by atoms with Crippen LogP contribution in [0.2, 0.25) is 0 Å². The summed E-state index contributed by atoms with van der Waals surface area (Å²) in [6.45, 7) is 1.67. The van der Waals surface area contributed by atoms with E-state index in [0.29, 0.717) is 56.6 Å². The molecule has 5 rings (SSSR count). The third-order valence-electron chi connectivity index (χ3n) is 8.15. The average Bonchev–Trinajstić information content (AvgIpc) is 3.42. The molecule has 0 radical (unpaired) electrons. The Morgan fingerprint density at radius 3 is 2.44 bits per heavy atom. The Bertz CT molecular complexity index is 1450. The van der Waals surface area contributed by atoms with Gasteiger partial charge in [0.05, 0.1) is 30.1 Å². The summed E-state index contributed by atoms with van der Waals surface area (Å²) < 4.78 is 43.8. The second-order valence-electron chi connectivity index (χ2n) is 11.1. The summed E-state index contributed by atoms with van der Waals surface area (Å²) in [7, 11) is 0. The van der Waals surface area contributed by atoms with Crippen LogP contribution in [0.4, 0.5) is 13.2 Å². The van der Waals surface area contributed by atoms with E-state index in [1.807, 2.05) is 48.5 Å². The number of imidazole rings is 1. The molecule has 43 heavy (non-hydrogen) atoms. The van der Waals surface area contributed by atoms with Crippen molar-refractivity contribution in [2.45, 2.75) is 62.4 Å². The van der Waals surface area contributed by atoms with E-state index in [4.69, 9.17) is 0 Å². The van der Waals surface area contributed by atoms with Crippen molar-refractivity contribution >= 4 is 17.8 Å². The number of hydrogen-bond donors (Lipinski definition) is 2. The van der Waals surface area contributed by atoms with Gasteiger partial charge in [0.2, 0.25) is 0 Å². The van der Waals surface area contributed by atoms with Crippen LogP contribution in [0.5, 0.6) is 0 Å². The molecule has 1 amide bonds. The number of nitrogens with one attached hydrogen (secondary N) is 1. The maximum Gasteiger partial charge on any atom is 0.491 e. The van der Waals surface area contributed by atoms with E-state index in [9.17, 15) is 32.7 Å². The van der Waals surface area contributed by atoms with Crippen molar-refractivity contribution in [2.24, 2.45) is 0 Å². The van der Waals surface area contributed by atoms with Gasteiger partial charge in [0, 0.05) is 31.2 Å². The quantitative estimate of drug-likeness (QED) is 0.311. The Morgan fingerprint density at radius 2 is 1.74 bits per heavy atom. The van der Waals surface area contributed by atoms with Crippen LogP contribution in [0, 0.1) is 0 Å². The smallest absolute Gasteiger partial charge is 0.387 e. The minimum Gasteiger partial charge on any atom is -0.387 e. The van der Waals surface area contributed by atoms with E-state index in [0.717, 1.165) is 5.56 Å². The number of aromatic nitrogens is 2. The van der Waals surface area contributed by atoms with Crippen LogP contribution < -0.4 is 5.32 Å². The van der Waals surface area contributed by atoms with Crippen LogP contribution in [0.15, 0.2) is 67.0 Å². The second-order valence-corrected chi connectivity index (χ2v) is 11.1. The Hall–Kier alpha value is -4.03. The Morgan fingerprint density at radius 1 is 1.05 bits per heavy atom. The molecule has 228 valence electrons. The van der Waals surface area contributed by atoms with Gasteiger partial charge in [0.25, 0.3) is 5.91 Å². The molecular formula is C31H33F3N4O5. The van der Waals surface area contributed by atoms with Gasteiger partial charge in [0.1, 0.15) is 0 Å². The summed E-state index contributed by atoms with van der Waals surface area (Å²) in [4.78, 5) is 44.2. The first kappa shape index (κ1) is 30.4. The Balaban J connectivity index is 1.49. The molecule has 1 aliphatic heterocycles. The van der Waals surface area contributed by atoms with E-state index < -0.39 is 36.2 Å². The minimum absolute atomic E-state index is 0.0829. The van der Waals surface area contributed by atoms with Gasteiger partial charge in [-0.25, -0.2) is 9.78 Å². The van der Waals surface area contributed by atoms with E-state index in [-0.39, 0.29) is 24.1 Å². The number of alkyl halides is 3. The highest BCUT2D eigenvalue weighted by atomic mass is 19.4. The lowest BCUT2D eigenvalue weighted by Crippen LogP contribution is -2.54. The molecule has 1 aliphatic carbocycles. The summed E-state index contributed by atoms with van der Waals surface area (Å²) in [6.07, 6.45) is -2.46. The lowest BCUT2D eigenvalue weighted by molar-refractivity contribution is -0.203. The Kier molecular flexibility index (Phi) is 8.97. The van der Waals surface area contributed by atoms with Crippen molar-refractivity contribution in [3.05, 3.63) is 78.2 Å². The van der Waals surface area contributed by atoms with Crippen molar-refractivity contribution in [3.8, 4) is 11.3 Å². The second kappa shape index (κ2) is 12.7. The highest BCUT2D eigenvalue weighted by Gasteiger charge is 2.47. The average molecular weight is 599 g/mol. The first-order chi connectivity index (χ1) is 20.6. The van der Waals surface area contributed by atoms with Crippen LogP contribution in [-0.2, 0) is 20.7 Å². The number of piperazine rings is 1. The molecule has 0 unspecified atom stereocenters. The fourth-order valence-corrected chi connectivity index (χ4v) is 6.12. The first-order valence-corrected chi connectivity index (χ1v) is 14.3. The summed E-state index contributed by atoms with van der Waals surface area (Å²) in [5, 5.41) is 15.1. The topological polar surface area (TPSA) is 114 Å². The summed E-state index contributed by atoms with van der Waals surface area (Å²) in [5.41, 5.74) is 0.518. The number of hydrogen-bond acceptors (Lipinski definition) is 7. The maximum absolute atomic E-state index is 14.2. The highest BCUT2D eigenvalue weighted by molar-refractivity contribution is 5.98. The highest BCUT2D eigenvalue weighted by Crippen LogP contribution is 2.43. The maximum atomic E-state index is 14.2. The number of ether oxygens (including phenoxy) is 1. The molecule has 9 nitrogen and oxygen atoms in total. The lowest BCUT2D eigenvalue weighted by atomic mass is 9.77. The Labute approximate surface area is 246 Å². The zero-order valence-corrected chi connectivity index (χ0v) is 23.4. The van der Waals surface area contributed by atoms with Crippen molar-refractivity contribution in [2.75, 3.05) is 19.6 Å². The summed E-state index contributed by atoms with van der Waals surface area (Å²) in [5.74, 6) is -4.39. The fourth-order valence-electron chi connectivity index (χ4n) is 6.12. The molecule has 3 atom stereocenters. The molecule has 1 saturated carbocycles. The molecule has 2 fully saturated rings. The van der Waals surface area contributed by atoms with Crippen molar-refractivity contribution in [1.82, 2.24) is 19.8 Å². The molecule has 0 spiro atoms. The number of esters is 2. The first-order valence-electron chi connectivity index (χ1n) is 14.3. The zero-order valence-electron chi connectivity index (χ0n) is 23.4. The summed E-state index contributed by atoms with van der Waals surface area (Å²) >= 11 is 0. The molecule has 2 aromatic carbocycles. The van der Waals surface area contributed by atoms with Crippen LogP contribution in [0.3, 0.4) is 0 Å². The van der Waals surface area contributed by atoms with Crippen LogP contribution in [0.1, 0.15) is 54.2 Å². The largest absolute Gasteiger partial charge is 0.491 e. The molecule has 1 saturated heterocycles. The fraction of sp³-hybridized carbons (Fsp3) is 0.419. The van der Waals surface area contributed by atoms with Gasteiger partial charge in [-0.05, 0) is 24.8 Å². The van der Waals surface area contributed by atoms with Gasteiger partial charge in [-0.3, -0.25) is 9.59 Å². The number of aliphatic hydroxyl groups is 1.